The maximum Gasteiger partial charge on any atom is 0.0494 e. The maximum atomic E-state index is 5.74. The predicted molar refractivity (Wildman–Crippen MR) is 71.9 cm³/mol. The fraction of sp³-hybridized carbons (Fsp3) is 1.00. The Bertz CT molecular complexity index is 128. The molecule has 0 radical (unpaired) electrons. The highest BCUT2D eigenvalue weighted by atomic mass is 16.5. The molecule has 0 rings (SSSR count). The Morgan fingerprint density at radius 2 is 1.88 bits per heavy atom. The van der Waals surface area contributed by atoms with Crippen LogP contribution < -0.4 is 5.32 Å². The van der Waals surface area contributed by atoms with E-state index in [1.165, 1.54) is 38.5 Å². The summed E-state index contributed by atoms with van der Waals surface area (Å²) in [6.07, 6.45) is 7.68. The Hall–Kier alpha value is -0.0800. The van der Waals surface area contributed by atoms with E-state index in [4.69, 9.17) is 4.74 Å². The van der Waals surface area contributed by atoms with Crippen LogP contribution in [0.2, 0.25) is 0 Å². The van der Waals surface area contributed by atoms with Gasteiger partial charge in [-0.1, -0.05) is 40.0 Å². The van der Waals surface area contributed by atoms with Gasteiger partial charge in [0.2, 0.25) is 0 Å². The molecule has 0 saturated heterocycles. The van der Waals surface area contributed by atoms with Gasteiger partial charge in [-0.25, -0.2) is 0 Å². The first-order valence-electron chi connectivity index (χ1n) is 7.13. The van der Waals surface area contributed by atoms with E-state index in [0.717, 1.165) is 32.2 Å². The van der Waals surface area contributed by atoms with Crippen LogP contribution in [0.3, 0.4) is 0 Å². The number of ether oxygens (including phenoxy) is 1. The third kappa shape index (κ3) is 10.4. The molecule has 1 N–H and O–H groups in total. The van der Waals surface area contributed by atoms with Crippen molar-refractivity contribution in [2.24, 2.45) is 5.92 Å². The normalized spacial score (nSPS) is 12.9. The Morgan fingerprint density at radius 1 is 1.06 bits per heavy atom. The molecule has 0 aromatic carbocycles. The van der Waals surface area contributed by atoms with E-state index < -0.39 is 0 Å². The maximum absolute atomic E-state index is 5.74. The molecule has 0 bridgehead atoms. The number of hydrogen-bond donors (Lipinski definition) is 1. The molecule has 2 heteroatoms. The third-order valence-corrected chi connectivity index (χ3v) is 3.04. The lowest BCUT2D eigenvalue weighted by Crippen LogP contribution is -2.15. The molecule has 0 aliphatic heterocycles. The zero-order chi connectivity index (χ0) is 12.1. The second kappa shape index (κ2) is 13.0. The Balaban J connectivity index is 3.20. The van der Waals surface area contributed by atoms with Gasteiger partial charge < -0.3 is 10.1 Å². The Kier molecular flexibility index (Phi) is 12.9. The summed E-state index contributed by atoms with van der Waals surface area (Å²) in [6.45, 7) is 10.8. The molecule has 0 saturated carbocycles. The van der Waals surface area contributed by atoms with E-state index in [0.29, 0.717) is 0 Å². The Labute approximate surface area is 102 Å². The smallest absolute Gasteiger partial charge is 0.0494 e. The van der Waals surface area contributed by atoms with E-state index >= 15 is 0 Å². The van der Waals surface area contributed by atoms with Crippen molar-refractivity contribution in [3.63, 3.8) is 0 Å². The first kappa shape index (κ1) is 15.9. The number of unbranched alkanes of at least 4 members (excludes halogenated alkanes) is 2. The summed E-state index contributed by atoms with van der Waals surface area (Å²) < 4.78 is 5.74. The van der Waals surface area contributed by atoms with Crippen LogP contribution in [-0.4, -0.2) is 26.3 Å². The fourth-order valence-electron chi connectivity index (χ4n) is 1.78. The second-order valence-corrected chi connectivity index (χ2v) is 4.55. The van der Waals surface area contributed by atoms with Gasteiger partial charge in [0.15, 0.2) is 0 Å². The summed E-state index contributed by atoms with van der Waals surface area (Å²) in [5.74, 6) is 0.786. The lowest BCUT2D eigenvalue weighted by molar-refractivity contribution is 0.0912. The van der Waals surface area contributed by atoms with E-state index in [1.54, 1.807) is 0 Å². The van der Waals surface area contributed by atoms with Crippen LogP contribution in [0.1, 0.15) is 59.3 Å². The second-order valence-electron chi connectivity index (χ2n) is 4.55. The predicted octanol–water partition coefficient (Wildman–Crippen LogP) is 3.61. The van der Waals surface area contributed by atoms with Crippen LogP contribution in [0.5, 0.6) is 0 Å². The molecule has 0 aromatic rings. The van der Waals surface area contributed by atoms with Crippen LogP contribution in [0.4, 0.5) is 0 Å². The summed E-state index contributed by atoms with van der Waals surface area (Å²) >= 11 is 0. The molecular formula is C14H31NO. The van der Waals surface area contributed by atoms with Crippen molar-refractivity contribution in [2.45, 2.75) is 59.3 Å². The average Bonchev–Trinajstić information content (AvgIpc) is 2.32. The van der Waals surface area contributed by atoms with Gasteiger partial charge in [-0.2, -0.15) is 0 Å². The van der Waals surface area contributed by atoms with Crippen molar-refractivity contribution in [1.82, 2.24) is 5.32 Å². The van der Waals surface area contributed by atoms with Gasteiger partial charge in [-0.3, -0.25) is 0 Å². The van der Waals surface area contributed by atoms with Gasteiger partial charge in [-0.05, 0) is 38.3 Å². The van der Waals surface area contributed by atoms with Gasteiger partial charge in [0.05, 0.1) is 0 Å². The standard InChI is InChI=1S/C14H31NO/c1-4-7-10-14(5-2)13-16-12-9-8-11-15-6-3/h14-15H,4-13H2,1-3H3. The van der Waals surface area contributed by atoms with Crippen molar-refractivity contribution in [1.29, 1.82) is 0 Å². The van der Waals surface area contributed by atoms with Crippen molar-refractivity contribution >= 4 is 0 Å². The van der Waals surface area contributed by atoms with Crippen LogP contribution in [0.15, 0.2) is 0 Å². The summed E-state index contributed by atoms with van der Waals surface area (Å²) in [4.78, 5) is 0. The summed E-state index contributed by atoms with van der Waals surface area (Å²) in [5.41, 5.74) is 0. The SMILES string of the molecule is CCCCC(CC)COCCCCNCC. The molecule has 0 spiro atoms. The fourth-order valence-corrected chi connectivity index (χ4v) is 1.78. The Morgan fingerprint density at radius 3 is 2.50 bits per heavy atom. The zero-order valence-corrected chi connectivity index (χ0v) is 11.6. The molecular weight excluding hydrogens is 198 g/mol. The molecule has 0 aromatic heterocycles. The van der Waals surface area contributed by atoms with Crippen molar-refractivity contribution in [2.75, 3.05) is 26.3 Å². The van der Waals surface area contributed by atoms with E-state index in [1.807, 2.05) is 0 Å². The minimum absolute atomic E-state index is 0.786. The lowest BCUT2D eigenvalue weighted by Gasteiger charge is -2.14. The molecule has 16 heavy (non-hydrogen) atoms. The molecule has 1 atom stereocenters. The third-order valence-electron chi connectivity index (χ3n) is 3.04. The average molecular weight is 229 g/mol. The van der Waals surface area contributed by atoms with Crippen LogP contribution in [-0.2, 0) is 4.74 Å². The van der Waals surface area contributed by atoms with Crippen molar-refractivity contribution in [3.05, 3.63) is 0 Å². The highest BCUT2D eigenvalue weighted by molar-refractivity contribution is 4.56. The molecule has 0 aliphatic carbocycles. The molecule has 1 unspecified atom stereocenters. The number of rotatable bonds is 12. The molecule has 0 amide bonds. The van der Waals surface area contributed by atoms with Gasteiger partial charge in [0.1, 0.15) is 0 Å². The molecule has 0 heterocycles. The van der Waals surface area contributed by atoms with E-state index in [-0.39, 0.29) is 0 Å². The minimum atomic E-state index is 0.786. The first-order chi connectivity index (χ1) is 7.85. The van der Waals surface area contributed by atoms with Gasteiger partial charge in [0.25, 0.3) is 0 Å². The van der Waals surface area contributed by atoms with E-state index in [2.05, 4.69) is 26.1 Å². The highest BCUT2D eigenvalue weighted by Gasteiger charge is 2.05. The highest BCUT2D eigenvalue weighted by Crippen LogP contribution is 2.12. The molecule has 98 valence electrons. The quantitative estimate of drug-likeness (QED) is 0.516. The van der Waals surface area contributed by atoms with Crippen molar-refractivity contribution in [3.8, 4) is 0 Å². The lowest BCUT2D eigenvalue weighted by atomic mass is 10.0. The van der Waals surface area contributed by atoms with Gasteiger partial charge in [0, 0.05) is 13.2 Å². The van der Waals surface area contributed by atoms with Crippen LogP contribution in [0, 0.1) is 5.92 Å². The van der Waals surface area contributed by atoms with Crippen LogP contribution in [0.25, 0.3) is 0 Å². The number of hydrogen-bond acceptors (Lipinski definition) is 2. The van der Waals surface area contributed by atoms with E-state index in [9.17, 15) is 0 Å². The number of nitrogens with one attached hydrogen (secondary N) is 1. The van der Waals surface area contributed by atoms with Gasteiger partial charge >= 0.3 is 0 Å². The summed E-state index contributed by atoms with van der Waals surface area (Å²) in [7, 11) is 0. The van der Waals surface area contributed by atoms with Crippen molar-refractivity contribution < 1.29 is 4.74 Å². The first-order valence-corrected chi connectivity index (χ1v) is 7.13. The molecule has 0 aliphatic rings. The largest absolute Gasteiger partial charge is 0.381 e. The molecule has 2 nitrogen and oxygen atoms in total. The summed E-state index contributed by atoms with van der Waals surface area (Å²) in [5, 5.41) is 3.33. The topological polar surface area (TPSA) is 21.3 Å². The van der Waals surface area contributed by atoms with Crippen LogP contribution >= 0.6 is 0 Å². The monoisotopic (exact) mass is 229 g/mol. The summed E-state index contributed by atoms with van der Waals surface area (Å²) in [6, 6.07) is 0. The zero-order valence-electron chi connectivity index (χ0n) is 11.6. The van der Waals surface area contributed by atoms with Gasteiger partial charge in [-0.15, -0.1) is 0 Å². The molecule has 0 fully saturated rings. The minimum Gasteiger partial charge on any atom is -0.381 e.